The van der Waals surface area contributed by atoms with E-state index in [0.717, 1.165) is 27.8 Å². The first-order valence-corrected chi connectivity index (χ1v) is 10.9. The van der Waals surface area contributed by atoms with E-state index in [-0.39, 0.29) is 25.6 Å². The molecule has 1 aliphatic rings. The average molecular weight is 464 g/mol. The lowest BCUT2D eigenvalue weighted by Gasteiger charge is -2.17. The number of amides is 1. The molecule has 0 saturated heterocycles. The molecule has 33 heavy (non-hydrogen) atoms. The second-order valence-corrected chi connectivity index (χ2v) is 8.05. The fourth-order valence-electron chi connectivity index (χ4n) is 3.93. The molecule has 0 bridgehead atoms. The molecule has 1 aliphatic carbocycles. The molecule has 0 aromatic heterocycles. The van der Waals surface area contributed by atoms with Crippen LogP contribution in [0.25, 0.3) is 11.1 Å². The maximum Gasteiger partial charge on any atom is 0.407 e. The average Bonchev–Trinajstić information content (AvgIpc) is 3.15. The molecular weight excluding hydrogens is 442 g/mol. The highest BCUT2D eigenvalue weighted by Crippen LogP contribution is 2.44. The van der Waals surface area contributed by atoms with Crippen molar-refractivity contribution in [3.63, 3.8) is 0 Å². The molecule has 0 radical (unpaired) electrons. The van der Waals surface area contributed by atoms with Crippen LogP contribution in [0, 0.1) is 0 Å². The Hall–Kier alpha value is -3.64. The summed E-state index contributed by atoms with van der Waals surface area (Å²) in [7, 11) is 0. The highest BCUT2D eigenvalue weighted by atomic mass is 35.5. The summed E-state index contributed by atoms with van der Waals surface area (Å²) in [5.41, 5.74) is 5.17. The Morgan fingerprint density at radius 1 is 0.818 bits per heavy atom. The van der Waals surface area contributed by atoms with E-state index in [1.165, 1.54) is 0 Å². The van der Waals surface area contributed by atoms with E-state index in [1.807, 2.05) is 78.9 Å². The molecule has 1 atom stereocenters. The minimum Gasteiger partial charge on any atom is -0.461 e. The van der Waals surface area contributed by atoms with Crippen LogP contribution in [-0.4, -0.2) is 30.0 Å². The zero-order valence-electron chi connectivity index (χ0n) is 17.7. The van der Waals surface area contributed by atoms with Crippen molar-refractivity contribution in [1.82, 2.24) is 5.32 Å². The Bertz CT molecular complexity index is 1120. The van der Waals surface area contributed by atoms with E-state index in [9.17, 15) is 14.4 Å². The van der Waals surface area contributed by atoms with Gasteiger partial charge in [0.05, 0.1) is 6.42 Å². The third-order valence-corrected chi connectivity index (χ3v) is 5.79. The number of ether oxygens (including phenoxy) is 2. The van der Waals surface area contributed by atoms with E-state index >= 15 is 0 Å². The summed E-state index contributed by atoms with van der Waals surface area (Å²) >= 11 is 5.59. The molecule has 0 unspecified atom stereocenters. The minimum absolute atomic E-state index is 0.0633. The topological polar surface area (TPSA) is 81.7 Å². The van der Waals surface area contributed by atoms with Crippen LogP contribution in [0.2, 0.25) is 0 Å². The molecule has 168 valence electrons. The number of carbonyl (C=O) groups is 3. The Kier molecular flexibility index (Phi) is 7.05. The molecule has 3 aromatic carbocycles. The van der Waals surface area contributed by atoms with Crippen molar-refractivity contribution >= 4 is 28.9 Å². The highest BCUT2D eigenvalue weighted by molar-refractivity contribution is 6.65. The number of esters is 1. The van der Waals surface area contributed by atoms with E-state index in [4.69, 9.17) is 21.1 Å². The lowest BCUT2D eigenvalue weighted by Crippen LogP contribution is -2.41. The standard InChI is InChI=1S/C26H22ClNO5/c27-25(30)23(14-24(29)32-15-17-8-2-1-3-9-17)28-26(31)33-16-22-20-12-6-4-10-18(20)19-11-5-7-13-21(19)22/h1-13,22-23H,14-16H2,(H,28,31)/t23-/m0/s1. The number of carbonyl (C=O) groups excluding carboxylic acids is 3. The van der Waals surface area contributed by atoms with Crippen molar-refractivity contribution in [2.24, 2.45) is 0 Å². The molecule has 3 aromatic rings. The monoisotopic (exact) mass is 463 g/mol. The van der Waals surface area contributed by atoms with Crippen molar-refractivity contribution < 1.29 is 23.9 Å². The van der Waals surface area contributed by atoms with Gasteiger partial charge in [0.15, 0.2) is 0 Å². The van der Waals surface area contributed by atoms with Crippen LogP contribution in [-0.2, 0) is 25.7 Å². The lowest BCUT2D eigenvalue weighted by atomic mass is 9.98. The summed E-state index contributed by atoms with van der Waals surface area (Å²) in [6, 6.07) is 23.8. The molecule has 1 amide bonds. The number of hydrogen-bond donors (Lipinski definition) is 1. The molecule has 1 N–H and O–H groups in total. The van der Waals surface area contributed by atoms with Crippen LogP contribution in [0.15, 0.2) is 78.9 Å². The van der Waals surface area contributed by atoms with Gasteiger partial charge in [-0.15, -0.1) is 0 Å². The highest BCUT2D eigenvalue weighted by Gasteiger charge is 2.30. The normalized spacial score (nSPS) is 12.9. The van der Waals surface area contributed by atoms with Crippen LogP contribution >= 0.6 is 11.6 Å². The fraction of sp³-hybridized carbons (Fsp3) is 0.192. The van der Waals surface area contributed by atoms with Gasteiger partial charge in [-0.3, -0.25) is 9.59 Å². The zero-order chi connectivity index (χ0) is 23.2. The second-order valence-electron chi connectivity index (χ2n) is 7.68. The first kappa shape index (κ1) is 22.6. The van der Waals surface area contributed by atoms with Crippen molar-refractivity contribution in [2.75, 3.05) is 6.61 Å². The van der Waals surface area contributed by atoms with Gasteiger partial charge in [0.2, 0.25) is 5.24 Å². The molecule has 0 aliphatic heterocycles. The van der Waals surface area contributed by atoms with Crippen LogP contribution in [0.1, 0.15) is 29.0 Å². The number of halogens is 1. The maximum atomic E-state index is 12.4. The molecule has 6 nitrogen and oxygen atoms in total. The summed E-state index contributed by atoms with van der Waals surface area (Å²) in [6.45, 7) is 0.148. The SMILES string of the molecule is O=C(C[C@H](NC(=O)OCC1c2ccccc2-c2ccccc21)C(=O)Cl)OCc1ccccc1. The van der Waals surface area contributed by atoms with Crippen LogP contribution in [0.3, 0.4) is 0 Å². The van der Waals surface area contributed by atoms with Crippen LogP contribution in [0.5, 0.6) is 0 Å². The molecule has 0 spiro atoms. The maximum absolute atomic E-state index is 12.4. The minimum atomic E-state index is -1.24. The van der Waals surface area contributed by atoms with Gasteiger partial charge in [-0.05, 0) is 39.4 Å². The van der Waals surface area contributed by atoms with Gasteiger partial charge in [0.1, 0.15) is 19.3 Å². The van der Waals surface area contributed by atoms with Crippen molar-refractivity contribution in [3.05, 3.63) is 95.6 Å². The first-order valence-electron chi connectivity index (χ1n) is 10.5. The Morgan fingerprint density at radius 2 is 1.39 bits per heavy atom. The Labute approximate surface area is 196 Å². The third-order valence-electron chi connectivity index (χ3n) is 5.52. The van der Waals surface area contributed by atoms with Crippen molar-refractivity contribution in [1.29, 1.82) is 0 Å². The molecule has 0 heterocycles. The summed E-state index contributed by atoms with van der Waals surface area (Å²) < 4.78 is 10.6. The van der Waals surface area contributed by atoms with Gasteiger partial charge >= 0.3 is 12.1 Å². The smallest absolute Gasteiger partial charge is 0.407 e. The van der Waals surface area contributed by atoms with Gasteiger partial charge in [-0.1, -0.05) is 78.9 Å². The number of benzene rings is 3. The number of rotatable bonds is 8. The lowest BCUT2D eigenvalue weighted by molar-refractivity contribution is -0.146. The molecule has 0 saturated carbocycles. The van der Waals surface area contributed by atoms with Gasteiger partial charge < -0.3 is 14.8 Å². The van der Waals surface area contributed by atoms with Gasteiger partial charge in [-0.25, -0.2) is 4.79 Å². The molecule has 4 rings (SSSR count). The third kappa shape index (κ3) is 5.41. The first-order chi connectivity index (χ1) is 16.0. The van der Waals surface area contributed by atoms with Gasteiger partial charge in [-0.2, -0.15) is 0 Å². The zero-order valence-corrected chi connectivity index (χ0v) is 18.5. The number of fused-ring (bicyclic) bond motifs is 3. The van der Waals surface area contributed by atoms with Crippen molar-refractivity contribution in [2.45, 2.75) is 25.0 Å². The van der Waals surface area contributed by atoms with E-state index in [0.29, 0.717) is 0 Å². The summed E-state index contributed by atoms with van der Waals surface area (Å²) in [5.74, 6) is -0.777. The molecular formula is C26H22ClNO5. The number of nitrogens with one attached hydrogen (secondary N) is 1. The van der Waals surface area contributed by atoms with Crippen molar-refractivity contribution in [3.8, 4) is 11.1 Å². The van der Waals surface area contributed by atoms with E-state index < -0.39 is 23.3 Å². The Balaban J connectivity index is 1.33. The largest absolute Gasteiger partial charge is 0.461 e. The van der Waals surface area contributed by atoms with Gasteiger partial charge in [0.25, 0.3) is 0 Å². The molecule has 7 heteroatoms. The van der Waals surface area contributed by atoms with Crippen LogP contribution < -0.4 is 5.32 Å². The van der Waals surface area contributed by atoms with E-state index in [1.54, 1.807) is 0 Å². The predicted molar refractivity (Wildman–Crippen MR) is 124 cm³/mol. The van der Waals surface area contributed by atoms with Gasteiger partial charge in [0, 0.05) is 5.92 Å². The Morgan fingerprint density at radius 3 is 2.00 bits per heavy atom. The summed E-state index contributed by atoms with van der Waals surface area (Å²) in [4.78, 5) is 36.3. The fourth-order valence-corrected chi connectivity index (χ4v) is 4.07. The summed E-state index contributed by atoms with van der Waals surface area (Å²) in [5, 5.41) is 1.50. The summed E-state index contributed by atoms with van der Waals surface area (Å²) in [6.07, 6.45) is -1.22. The second kappa shape index (κ2) is 10.3. The number of hydrogen-bond acceptors (Lipinski definition) is 5. The predicted octanol–water partition coefficient (Wildman–Crippen LogP) is 4.79. The molecule has 0 fully saturated rings. The van der Waals surface area contributed by atoms with Crippen LogP contribution in [0.4, 0.5) is 4.79 Å². The number of alkyl carbamates (subject to hydrolysis) is 1. The van der Waals surface area contributed by atoms with E-state index in [2.05, 4.69) is 5.32 Å². The quantitative estimate of drug-likeness (QED) is 0.383.